The minimum absolute atomic E-state index is 0.0147. The van der Waals surface area contributed by atoms with Crippen LogP contribution in [-0.2, 0) is 11.2 Å². The van der Waals surface area contributed by atoms with Gasteiger partial charge in [-0.25, -0.2) is 4.98 Å². The van der Waals surface area contributed by atoms with Crippen LogP contribution in [0.25, 0.3) is 5.69 Å². The summed E-state index contributed by atoms with van der Waals surface area (Å²) in [6.07, 6.45) is 4.35. The first-order chi connectivity index (χ1) is 13.6. The van der Waals surface area contributed by atoms with Crippen LogP contribution in [0.4, 0.5) is 0 Å². The molecule has 2 aromatic carbocycles. The number of rotatable bonds is 8. The number of benzene rings is 2. The lowest BCUT2D eigenvalue weighted by Crippen LogP contribution is -2.32. The van der Waals surface area contributed by atoms with Crippen LogP contribution >= 0.6 is 23.4 Å². The second kappa shape index (κ2) is 9.66. The average molecular weight is 416 g/mol. The average Bonchev–Trinajstić information content (AvgIpc) is 3.16. The van der Waals surface area contributed by atoms with Gasteiger partial charge in [-0.15, -0.1) is 0 Å². The highest BCUT2D eigenvalue weighted by atomic mass is 35.5. The molecule has 3 rings (SSSR count). The lowest BCUT2D eigenvalue weighted by molar-refractivity contribution is -0.120. The number of amides is 1. The number of carbonyl (C=O) groups is 1. The second-order valence-electron chi connectivity index (χ2n) is 6.21. The van der Waals surface area contributed by atoms with Gasteiger partial charge in [0, 0.05) is 29.6 Å². The van der Waals surface area contributed by atoms with Crippen molar-refractivity contribution in [3.8, 4) is 11.4 Å². The minimum Gasteiger partial charge on any atom is -0.497 e. The minimum atomic E-state index is -0.267. The van der Waals surface area contributed by atoms with E-state index < -0.39 is 0 Å². The Morgan fingerprint density at radius 2 is 2.07 bits per heavy atom. The van der Waals surface area contributed by atoms with Crippen LogP contribution < -0.4 is 10.1 Å². The lowest BCUT2D eigenvalue weighted by atomic mass is 10.1. The van der Waals surface area contributed by atoms with Gasteiger partial charge in [0.1, 0.15) is 5.75 Å². The van der Waals surface area contributed by atoms with Gasteiger partial charge in [0.15, 0.2) is 5.16 Å². The molecule has 0 radical (unpaired) electrons. The normalized spacial score (nSPS) is 11.8. The maximum atomic E-state index is 12.5. The van der Waals surface area contributed by atoms with Crippen LogP contribution in [0.5, 0.6) is 5.75 Å². The third kappa shape index (κ3) is 5.30. The number of hydrogen-bond donors (Lipinski definition) is 1. The summed E-state index contributed by atoms with van der Waals surface area (Å²) >= 11 is 7.50. The topological polar surface area (TPSA) is 56.1 Å². The predicted octanol–water partition coefficient (Wildman–Crippen LogP) is 4.37. The number of ether oxygens (including phenoxy) is 1. The maximum Gasteiger partial charge on any atom is 0.233 e. The molecule has 3 aromatic rings. The summed E-state index contributed by atoms with van der Waals surface area (Å²) in [4.78, 5) is 16.8. The number of hydrogen-bond acceptors (Lipinski definition) is 4. The van der Waals surface area contributed by atoms with Gasteiger partial charge < -0.3 is 10.1 Å². The van der Waals surface area contributed by atoms with E-state index in [-0.39, 0.29) is 11.2 Å². The molecule has 1 N–H and O–H groups in total. The van der Waals surface area contributed by atoms with Crippen molar-refractivity contribution in [3.63, 3.8) is 0 Å². The van der Waals surface area contributed by atoms with Gasteiger partial charge in [0.2, 0.25) is 5.91 Å². The first kappa shape index (κ1) is 20.3. The van der Waals surface area contributed by atoms with Crippen LogP contribution in [-0.4, -0.2) is 34.4 Å². The Morgan fingerprint density at radius 3 is 2.79 bits per heavy atom. The molecule has 0 aliphatic rings. The van der Waals surface area contributed by atoms with Crippen LogP contribution in [0.1, 0.15) is 12.5 Å². The van der Waals surface area contributed by atoms with E-state index in [9.17, 15) is 4.79 Å². The maximum absolute atomic E-state index is 12.5. The van der Waals surface area contributed by atoms with Crippen molar-refractivity contribution in [2.45, 2.75) is 23.8 Å². The van der Waals surface area contributed by atoms with Crippen molar-refractivity contribution in [2.75, 3.05) is 13.7 Å². The van der Waals surface area contributed by atoms with Gasteiger partial charge >= 0.3 is 0 Å². The molecule has 7 heteroatoms. The molecule has 1 amide bonds. The van der Waals surface area contributed by atoms with Crippen molar-refractivity contribution in [3.05, 3.63) is 71.5 Å². The highest BCUT2D eigenvalue weighted by Crippen LogP contribution is 2.25. The highest BCUT2D eigenvalue weighted by molar-refractivity contribution is 8.00. The molecular formula is C21H22ClN3O2S. The first-order valence-corrected chi connectivity index (χ1v) is 10.2. The fraction of sp³-hybridized carbons (Fsp3) is 0.238. The fourth-order valence-electron chi connectivity index (χ4n) is 2.68. The summed E-state index contributed by atoms with van der Waals surface area (Å²) in [5.74, 6) is 0.812. The Kier molecular flexibility index (Phi) is 7.01. The fourth-order valence-corrected chi connectivity index (χ4v) is 3.77. The van der Waals surface area contributed by atoms with Crippen molar-refractivity contribution in [1.29, 1.82) is 0 Å². The van der Waals surface area contributed by atoms with Gasteiger partial charge in [-0.3, -0.25) is 9.36 Å². The lowest BCUT2D eigenvalue weighted by Gasteiger charge is -2.13. The van der Waals surface area contributed by atoms with E-state index in [4.69, 9.17) is 16.3 Å². The Bertz CT molecular complexity index is 927. The van der Waals surface area contributed by atoms with E-state index in [0.29, 0.717) is 11.6 Å². The summed E-state index contributed by atoms with van der Waals surface area (Å²) in [7, 11) is 1.64. The van der Waals surface area contributed by atoms with Crippen LogP contribution in [0.3, 0.4) is 0 Å². The molecule has 5 nitrogen and oxygen atoms in total. The van der Waals surface area contributed by atoms with E-state index >= 15 is 0 Å². The van der Waals surface area contributed by atoms with Gasteiger partial charge in [-0.1, -0.05) is 41.6 Å². The zero-order valence-electron chi connectivity index (χ0n) is 15.8. The molecule has 1 atom stereocenters. The molecule has 0 aliphatic carbocycles. The molecule has 0 aliphatic heterocycles. The number of nitrogens with zero attached hydrogens (tertiary/aromatic N) is 2. The Labute approximate surface area is 174 Å². The van der Waals surface area contributed by atoms with E-state index in [1.165, 1.54) is 11.8 Å². The third-order valence-electron chi connectivity index (χ3n) is 4.22. The molecule has 0 saturated heterocycles. The first-order valence-electron chi connectivity index (χ1n) is 8.93. The second-order valence-corrected chi connectivity index (χ2v) is 7.95. The van der Waals surface area contributed by atoms with Crippen molar-refractivity contribution in [2.24, 2.45) is 0 Å². The zero-order valence-corrected chi connectivity index (χ0v) is 17.3. The van der Waals surface area contributed by atoms with Gasteiger partial charge in [0.05, 0.1) is 12.4 Å². The third-order valence-corrected chi connectivity index (χ3v) is 5.53. The Hall–Kier alpha value is -2.44. The number of thioether (sulfide) groups is 1. The van der Waals surface area contributed by atoms with Crippen molar-refractivity contribution < 1.29 is 9.53 Å². The molecule has 1 aromatic heterocycles. The van der Waals surface area contributed by atoms with Crippen LogP contribution in [0, 0.1) is 0 Å². The molecular weight excluding hydrogens is 394 g/mol. The number of aromatic nitrogens is 2. The number of halogens is 1. The summed E-state index contributed by atoms with van der Waals surface area (Å²) in [5.41, 5.74) is 2.07. The monoisotopic (exact) mass is 415 g/mol. The number of carbonyl (C=O) groups excluding carboxylic acids is 1. The van der Waals surface area contributed by atoms with Crippen molar-refractivity contribution >= 4 is 29.3 Å². The molecule has 0 bridgehead atoms. The largest absolute Gasteiger partial charge is 0.497 e. The van der Waals surface area contributed by atoms with Crippen molar-refractivity contribution in [1.82, 2.24) is 14.9 Å². The summed E-state index contributed by atoms with van der Waals surface area (Å²) in [5, 5.41) is 4.13. The summed E-state index contributed by atoms with van der Waals surface area (Å²) < 4.78 is 7.08. The standard InChI is InChI=1S/C21H22ClN3O2S/c1-15(20(26)23-11-10-16-6-8-19(27-2)9-7-16)28-21-24-12-13-25(21)18-5-3-4-17(22)14-18/h3-9,12-15H,10-11H2,1-2H3,(H,23,26). The number of imidazole rings is 1. The Morgan fingerprint density at radius 1 is 1.29 bits per heavy atom. The molecule has 1 unspecified atom stereocenters. The number of nitrogens with one attached hydrogen (secondary N) is 1. The molecule has 1 heterocycles. The van der Waals surface area contributed by atoms with Gasteiger partial charge in [0.25, 0.3) is 0 Å². The van der Waals surface area contributed by atoms with Gasteiger partial charge in [-0.05, 0) is 49.2 Å². The molecule has 0 spiro atoms. The zero-order chi connectivity index (χ0) is 19.9. The number of methoxy groups -OCH3 is 1. The SMILES string of the molecule is COc1ccc(CCNC(=O)C(C)Sc2nccn2-c2cccc(Cl)c2)cc1. The van der Waals surface area contributed by atoms with E-state index in [2.05, 4.69) is 10.3 Å². The molecule has 146 valence electrons. The van der Waals surface area contributed by atoms with E-state index in [1.807, 2.05) is 66.2 Å². The molecule has 0 fully saturated rings. The quantitative estimate of drug-likeness (QED) is 0.555. The summed E-state index contributed by atoms with van der Waals surface area (Å²) in [6.45, 7) is 2.46. The van der Waals surface area contributed by atoms with E-state index in [0.717, 1.165) is 28.6 Å². The summed E-state index contributed by atoms with van der Waals surface area (Å²) in [6, 6.07) is 15.4. The predicted molar refractivity (Wildman–Crippen MR) is 114 cm³/mol. The van der Waals surface area contributed by atoms with Crippen LogP contribution in [0.2, 0.25) is 5.02 Å². The molecule has 0 saturated carbocycles. The Balaban J connectivity index is 1.54. The smallest absolute Gasteiger partial charge is 0.233 e. The molecule has 28 heavy (non-hydrogen) atoms. The van der Waals surface area contributed by atoms with Crippen LogP contribution in [0.15, 0.2) is 66.1 Å². The van der Waals surface area contributed by atoms with E-state index in [1.54, 1.807) is 13.3 Å². The van der Waals surface area contributed by atoms with Gasteiger partial charge in [-0.2, -0.15) is 0 Å². The highest BCUT2D eigenvalue weighted by Gasteiger charge is 2.17.